The number of aliphatic hydroxyl groups excluding tert-OH is 1. The number of rotatable bonds is 4. The fourth-order valence-electron chi connectivity index (χ4n) is 2.19. The number of hydrogen-bond acceptors (Lipinski definition) is 2. The second-order valence-corrected chi connectivity index (χ2v) is 6.10. The van der Waals surface area contributed by atoms with Crippen LogP contribution in [0.3, 0.4) is 0 Å². The molecule has 0 aliphatic heterocycles. The van der Waals surface area contributed by atoms with Gasteiger partial charge in [-0.3, -0.25) is 4.68 Å². The summed E-state index contributed by atoms with van der Waals surface area (Å²) in [4.78, 5) is 0. The van der Waals surface area contributed by atoms with Crippen LogP contribution in [0, 0.1) is 5.92 Å². The van der Waals surface area contributed by atoms with E-state index in [-0.39, 0.29) is 0 Å². The summed E-state index contributed by atoms with van der Waals surface area (Å²) in [6.07, 6.45) is 2.10. The van der Waals surface area contributed by atoms with Gasteiger partial charge >= 0.3 is 0 Å². The number of halogens is 1. The minimum atomic E-state index is -0.657. The predicted octanol–water partition coefficient (Wildman–Crippen LogP) is 3.46. The molecule has 1 aromatic heterocycles. The largest absolute Gasteiger partial charge is 0.382 e. The Labute approximate surface area is 122 Å². The second-order valence-electron chi connectivity index (χ2n) is 5.24. The van der Waals surface area contributed by atoms with E-state index >= 15 is 0 Å². The van der Waals surface area contributed by atoms with Crippen LogP contribution in [0.4, 0.5) is 0 Å². The van der Waals surface area contributed by atoms with Gasteiger partial charge in [-0.05, 0) is 39.4 Å². The van der Waals surface area contributed by atoms with Crippen molar-refractivity contribution in [2.24, 2.45) is 13.0 Å². The second kappa shape index (κ2) is 5.88. The molecule has 1 heterocycles. The average molecular weight is 323 g/mol. The van der Waals surface area contributed by atoms with E-state index in [4.69, 9.17) is 0 Å². The van der Waals surface area contributed by atoms with E-state index < -0.39 is 6.10 Å². The third-order valence-electron chi connectivity index (χ3n) is 3.14. The first-order valence-electron chi connectivity index (χ1n) is 6.43. The Morgan fingerprint density at radius 3 is 2.37 bits per heavy atom. The maximum absolute atomic E-state index is 10.4. The van der Waals surface area contributed by atoms with Gasteiger partial charge in [0.2, 0.25) is 0 Å². The molecule has 4 heteroatoms. The maximum atomic E-state index is 10.4. The SMILES string of the molecule is CC(C)Cc1ccc(C(O)c2c(Br)cnn2C)cc1. The van der Waals surface area contributed by atoms with Gasteiger partial charge in [0.1, 0.15) is 6.10 Å². The van der Waals surface area contributed by atoms with Crippen LogP contribution < -0.4 is 0 Å². The first-order chi connectivity index (χ1) is 8.99. The molecule has 0 radical (unpaired) electrons. The van der Waals surface area contributed by atoms with Gasteiger partial charge in [-0.2, -0.15) is 5.10 Å². The summed E-state index contributed by atoms with van der Waals surface area (Å²) in [6, 6.07) is 8.15. The van der Waals surface area contributed by atoms with Crippen molar-refractivity contribution in [1.82, 2.24) is 9.78 Å². The number of hydrogen-bond donors (Lipinski definition) is 1. The molecular formula is C15H19BrN2O. The summed E-state index contributed by atoms with van der Waals surface area (Å²) in [7, 11) is 1.83. The van der Waals surface area contributed by atoms with E-state index in [9.17, 15) is 5.11 Å². The van der Waals surface area contributed by atoms with Crippen LogP contribution in [0.2, 0.25) is 0 Å². The number of nitrogens with zero attached hydrogens (tertiary/aromatic N) is 2. The molecule has 2 aromatic rings. The van der Waals surface area contributed by atoms with E-state index in [0.29, 0.717) is 5.92 Å². The molecule has 1 aromatic carbocycles. The number of aromatic nitrogens is 2. The minimum absolute atomic E-state index is 0.641. The van der Waals surface area contributed by atoms with E-state index in [1.54, 1.807) is 10.9 Å². The van der Waals surface area contributed by atoms with Crippen molar-refractivity contribution in [3.8, 4) is 0 Å². The molecule has 0 aliphatic carbocycles. The summed E-state index contributed by atoms with van der Waals surface area (Å²) >= 11 is 3.42. The highest BCUT2D eigenvalue weighted by Crippen LogP contribution is 2.28. The van der Waals surface area contributed by atoms with E-state index in [0.717, 1.165) is 22.2 Å². The molecular weight excluding hydrogens is 304 g/mol. The van der Waals surface area contributed by atoms with Crippen LogP contribution in [-0.4, -0.2) is 14.9 Å². The van der Waals surface area contributed by atoms with Gasteiger partial charge in [-0.15, -0.1) is 0 Å². The molecule has 1 atom stereocenters. The molecule has 1 unspecified atom stereocenters. The molecule has 0 amide bonds. The lowest BCUT2D eigenvalue weighted by atomic mass is 9.99. The van der Waals surface area contributed by atoms with Crippen molar-refractivity contribution >= 4 is 15.9 Å². The Balaban J connectivity index is 2.23. The van der Waals surface area contributed by atoms with Crippen LogP contribution in [0.15, 0.2) is 34.9 Å². The van der Waals surface area contributed by atoms with Crippen LogP contribution in [-0.2, 0) is 13.5 Å². The average Bonchev–Trinajstić information content (AvgIpc) is 2.68. The Kier molecular flexibility index (Phi) is 4.42. The zero-order chi connectivity index (χ0) is 14.0. The van der Waals surface area contributed by atoms with E-state index in [1.165, 1.54) is 5.56 Å². The van der Waals surface area contributed by atoms with Crippen molar-refractivity contribution in [3.63, 3.8) is 0 Å². The summed E-state index contributed by atoms with van der Waals surface area (Å²) in [6.45, 7) is 4.41. The van der Waals surface area contributed by atoms with Crippen molar-refractivity contribution in [1.29, 1.82) is 0 Å². The quantitative estimate of drug-likeness (QED) is 0.936. The van der Waals surface area contributed by atoms with Crippen molar-refractivity contribution in [2.75, 3.05) is 0 Å². The van der Waals surface area contributed by atoms with Crippen LogP contribution in [0.25, 0.3) is 0 Å². The molecule has 2 rings (SSSR count). The first-order valence-corrected chi connectivity index (χ1v) is 7.22. The molecule has 1 N–H and O–H groups in total. The van der Waals surface area contributed by atoms with Gasteiger partial charge < -0.3 is 5.11 Å². The highest BCUT2D eigenvalue weighted by Gasteiger charge is 2.17. The molecule has 0 fully saturated rings. The van der Waals surface area contributed by atoms with Gasteiger partial charge in [0.25, 0.3) is 0 Å². The Hall–Kier alpha value is -1.13. The summed E-state index contributed by atoms with van der Waals surface area (Å²) in [5.74, 6) is 0.641. The fourth-order valence-corrected chi connectivity index (χ4v) is 2.76. The van der Waals surface area contributed by atoms with E-state index in [1.807, 2.05) is 19.2 Å². The normalized spacial score (nSPS) is 12.9. The molecule has 0 spiro atoms. The van der Waals surface area contributed by atoms with Gasteiger partial charge in [0.05, 0.1) is 16.4 Å². The van der Waals surface area contributed by atoms with Gasteiger partial charge in [-0.25, -0.2) is 0 Å². The van der Waals surface area contributed by atoms with Gasteiger partial charge in [0, 0.05) is 7.05 Å². The number of aliphatic hydroxyl groups is 1. The zero-order valence-electron chi connectivity index (χ0n) is 11.5. The molecule has 0 saturated carbocycles. The predicted molar refractivity (Wildman–Crippen MR) is 80.0 cm³/mol. The molecule has 0 aliphatic rings. The highest BCUT2D eigenvalue weighted by molar-refractivity contribution is 9.10. The third-order valence-corrected chi connectivity index (χ3v) is 3.75. The first kappa shape index (κ1) is 14.3. The maximum Gasteiger partial charge on any atom is 0.122 e. The van der Waals surface area contributed by atoms with Crippen LogP contribution >= 0.6 is 15.9 Å². The molecule has 19 heavy (non-hydrogen) atoms. The standard InChI is InChI=1S/C15H19BrN2O/c1-10(2)8-11-4-6-12(7-5-11)15(19)14-13(16)9-17-18(14)3/h4-7,9-10,15,19H,8H2,1-3H3. The smallest absolute Gasteiger partial charge is 0.122 e. The summed E-state index contributed by atoms with van der Waals surface area (Å²) in [5, 5.41) is 14.6. The Bertz CT molecular complexity index is 526. The zero-order valence-corrected chi connectivity index (χ0v) is 13.1. The summed E-state index contributed by atoms with van der Waals surface area (Å²) < 4.78 is 2.52. The lowest BCUT2D eigenvalue weighted by molar-refractivity contribution is 0.209. The Morgan fingerprint density at radius 1 is 1.26 bits per heavy atom. The lowest BCUT2D eigenvalue weighted by Crippen LogP contribution is -2.07. The van der Waals surface area contributed by atoms with E-state index in [2.05, 4.69) is 47.0 Å². The Morgan fingerprint density at radius 2 is 1.89 bits per heavy atom. The van der Waals surface area contributed by atoms with Crippen molar-refractivity contribution < 1.29 is 5.11 Å². The third kappa shape index (κ3) is 3.25. The highest BCUT2D eigenvalue weighted by atomic mass is 79.9. The monoisotopic (exact) mass is 322 g/mol. The molecule has 0 saturated heterocycles. The topological polar surface area (TPSA) is 38.1 Å². The summed E-state index contributed by atoms with van der Waals surface area (Å²) in [5.41, 5.74) is 2.96. The van der Waals surface area contributed by atoms with Crippen molar-refractivity contribution in [2.45, 2.75) is 26.4 Å². The molecule has 3 nitrogen and oxygen atoms in total. The van der Waals surface area contributed by atoms with Gasteiger partial charge in [0.15, 0.2) is 0 Å². The molecule has 0 bridgehead atoms. The number of aryl methyl sites for hydroxylation is 1. The van der Waals surface area contributed by atoms with Crippen LogP contribution in [0.5, 0.6) is 0 Å². The minimum Gasteiger partial charge on any atom is -0.382 e. The fraction of sp³-hybridized carbons (Fsp3) is 0.400. The van der Waals surface area contributed by atoms with Crippen molar-refractivity contribution in [3.05, 3.63) is 51.8 Å². The number of benzene rings is 1. The van der Waals surface area contributed by atoms with Crippen LogP contribution in [0.1, 0.15) is 36.8 Å². The van der Waals surface area contributed by atoms with Gasteiger partial charge in [-0.1, -0.05) is 38.1 Å². The lowest BCUT2D eigenvalue weighted by Gasteiger charge is -2.13. The molecule has 102 valence electrons.